The van der Waals surface area contributed by atoms with Crippen LogP contribution in [0.25, 0.3) is 0 Å². The summed E-state index contributed by atoms with van der Waals surface area (Å²) in [5, 5.41) is 18.4. The molecule has 2 fully saturated rings. The molecule has 3 amide bonds. The van der Waals surface area contributed by atoms with E-state index in [0.29, 0.717) is 18.7 Å². The van der Waals surface area contributed by atoms with Crippen molar-refractivity contribution in [2.75, 3.05) is 18.4 Å². The van der Waals surface area contributed by atoms with E-state index in [2.05, 4.69) is 16.0 Å². The van der Waals surface area contributed by atoms with E-state index in [4.69, 9.17) is 9.47 Å². The maximum Gasteiger partial charge on any atom is 0.319 e. The van der Waals surface area contributed by atoms with Crippen LogP contribution in [0.15, 0.2) is 24.3 Å². The average molecular weight is 395 g/mol. The molecule has 2 heterocycles. The van der Waals surface area contributed by atoms with Gasteiger partial charge in [-0.05, 0) is 30.7 Å². The van der Waals surface area contributed by atoms with Crippen molar-refractivity contribution in [3.8, 4) is 0 Å². The molecule has 0 aliphatic carbocycles. The molecule has 0 aromatic heterocycles. The lowest BCUT2D eigenvalue weighted by molar-refractivity contribution is -0.124. The number of aliphatic hydroxyl groups excluding tert-OH is 1. The van der Waals surface area contributed by atoms with Crippen LogP contribution in [0.1, 0.15) is 26.2 Å². The van der Waals surface area contributed by atoms with E-state index in [9.17, 15) is 19.1 Å². The molecule has 1 aromatic rings. The minimum Gasteiger partial charge on any atom is -0.388 e. The van der Waals surface area contributed by atoms with Gasteiger partial charge in [0.25, 0.3) is 0 Å². The third-order valence-corrected chi connectivity index (χ3v) is 4.83. The van der Waals surface area contributed by atoms with Gasteiger partial charge in [-0.1, -0.05) is 6.92 Å². The SMILES string of the molecule is CCCNC(=O)C[C@@H]1C[C@H]2O[C@H](CNC(=O)Nc3ccc(F)cc3)[C@@H](O)[C@H]2O1. The molecule has 5 atom stereocenters. The zero-order chi connectivity index (χ0) is 20.1. The van der Waals surface area contributed by atoms with Gasteiger partial charge in [0.2, 0.25) is 5.91 Å². The molecule has 154 valence electrons. The van der Waals surface area contributed by atoms with Gasteiger partial charge in [-0.25, -0.2) is 9.18 Å². The van der Waals surface area contributed by atoms with Crippen LogP contribution in [0.3, 0.4) is 0 Å². The van der Waals surface area contributed by atoms with Gasteiger partial charge < -0.3 is 30.5 Å². The third kappa shape index (κ3) is 5.18. The highest BCUT2D eigenvalue weighted by Crippen LogP contribution is 2.35. The second-order valence-electron chi connectivity index (χ2n) is 7.06. The highest BCUT2D eigenvalue weighted by Gasteiger charge is 2.50. The monoisotopic (exact) mass is 395 g/mol. The predicted molar refractivity (Wildman–Crippen MR) is 99.3 cm³/mol. The summed E-state index contributed by atoms with van der Waals surface area (Å²) in [7, 11) is 0. The smallest absolute Gasteiger partial charge is 0.319 e. The first kappa shape index (κ1) is 20.5. The minimum absolute atomic E-state index is 0.0722. The Labute approximate surface area is 162 Å². The largest absolute Gasteiger partial charge is 0.388 e. The molecule has 1 aromatic carbocycles. The Hall–Kier alpha value is -2.23. The number of aliphatic hydroxyl groups is 1. The van der Waals surface area contributed by atoms with Crippen LogP contribution in [0, 0.1) is 5.82 Å². The van der Waals surface area contributed by atoms with Crippen LogP contribution >= 0.6 is 0 Å². The van der Waals surface area contributed by atoms with Gasteiger partial charge in [0.1, 0.15) is 24.1 Å². The van der Waals surface area contributed by atoms with Gasteiger partial charge in [0.05, 0.1) is 18.6 Å². The molecule has 3 rings (SSSR count). The molecule has 0 spiro atoms. The summed E-state index contributed by atoms with van der Waals surface area (Å²) < 4.78 is 24.5. The van der Waals surface area contributed by atoms with E-state index in [1.807, 2.05) is 6.92 Å². The normalized spacial score (nSPS) is 28.6. The number of anilines is 1. The average Bonchev–Trinajstić information content (AvgIpc) is 3.18. The lowest BCUT2D eigenvalue weighted by Gasteiger charge is -2.20. The Bertz CT molecular complexity index is 687. The second-order valence-corrected chi connectivity index (χ2v) is 7.06. The Morgan fingerprint density at radius 2 is 1.96 bits per heavy atom. The van der Waals surface area contributed by atoms with Gasteiger partial charge in [-0.15, -0.1) is 0 Å². The van der Waals surface area contributed by atoms with E-state index in [1.54, 1.807) is 0 Å². The summed E-state index contributed by atoms with van der Waals surface area (Å²) in [5.41, 5.74) is 0.455. The third-order valence-electron chi connectivity index (χ3n) is 4.83. The first-order valence-electron chi connectivity index (χ1n) is 9.52. The zero-order valence-electron chi connectivity index (χ0n) is 15.7. The summed E-state index contributed by atoms with van der Waals surface area (Å²) in [4.78, 5) is 23.7. The van der Waals surface area contributed by atoms with E-state index in [0.717, 1.165) is 6.42 Å². The molecule has 2 aliphatic heterocycles. The number of carbonyl (C=O) groups is 2. The number of hydrogen-bond acceptors (Lipinski definition) is 5. The highest BCUT2D eigenvalue weighted by atomic mass is 19.1. The quantitative estimate of drug-likeness (QED) is 0.554. The van der Waals surface area contributed by atoms with E-state index in [1.165, 1.54) is 24.3 Å². The summed E-state index contributed by atoms with van der Waals surface area (Å²) in [6.45, 7) is 2.71. The molecule has 9 heteroatoms. The molecular weight excluding hydrogens is 369 g/mol. The zero-order valence-corrected chi connectivity index (χ0v) is 15.7. The fraction of sp³-hybridized carbons (Fsp3) is 0.579. The lowest BCUT2D eigenvalue weighted by atomic mass is 10.1. The summed E-state index contributed by atoms with van der Waals surface area (Å²) in [5.74, 6) is -0.460. The number of urea groups is 1. The Morgan fingerprint density at radius 3 is 2.64 bits per heavy atom. The molecule has 2 aliphatic rings. The number of halogens is 1. The topological polar surface area (TPSA) is 109 Å². The summed E-state index contributed by atoms with van der Waals surface area (Å²) >= 11 is 0. The van der Waals surface area contributed by atoms with E-state index < -0.39 is 24.3 Å². The van der Waals surface area contributed by atoms with Gasteiger partial charge in [0, 0.05) is 25.2 Å². The number of rotatable bonds is 7. The van der Waals surface area contributed by atoms with Crippen LogP contribution in [-0.4, -0.2) is 60.7 Å². The fourth-order valence-corrected chi connectivity index (χ4v) is 3.45. The fourth-order valence-electron chi connectivity index (χ4n) is 3.45. The number of benzene rings is 1. The van der Waals surface area contributed by atoms with E-state index in [-0.39, 0.29) is 36.9 Å². The van der Waals surface area contributed by atoms with Crippen LogP contribution < -0.4 is 16.0 Å². The molecule has 0 unspecified atom stereocenters. The summed E-state index contributed by atoms with van der Waals surface area (Å²) in [6.07, 6.45) is -0.929. The van der Waals surface area contributed by atoms with Crippen LogP contribution in [-0.2, 0) is 14.3 Å². The maximum absolute atomic E-state index is 12.9. The van der Waals surface area contributed by atoms with Crippen molar-refractivity contribution in [1.82, 2.24) is 10.6 Å². The molecule has 0 radical (unpaired) electrons. The van der Waals surface area contributed by atoms with Crippen molar-refractivity contribution in [2.45, 2.75) is 56.7 Å². The Morgan fingerprint density at radius 1 is 1.21 bits per heavy atom. The first-order chi connectivity index (χ1) is 13.5. The van der Waals surface area contributed by atoms with Gasteiger partial charge in [0.15, 0.2) is 0 Å². The van der Waals surface area contributed by atoms with Crippen molar-refractivity contribution >= 4 is 17.6 Å². The maximum atomic E-state index is 12.9. The van der Waals surface area contributed by atoms with Crippen molar-refractivity contribution in [3.63, 3.8) is 0 Å². The van der Waals surface area contributed by atoms with Crippen LogP contribution in [0.5, 0.6) is 0 Å². The Balaban J connectivity index is 1.41. The molecule has 8 nitrogen and oxygen atoms in total. The highest BCUT2D eigenvalue weighted by molar-refractivity contribution is 5.89. The molecular formula is C19H26FN3O5. The number of ether oxygens (including phenoxy) is 2. The number of amides is 3. The first-order valence-corrected chi connectivity index (χ1v) is 9.52. The number of nitrogens with one attached hydrogen (secondary N) is 3. The van der Waals surface area contributed by atoms with Crippen molar-refractivity contribution < 1.29 is 28.6 Å². The number of carbonyl (C=O) groups excluding carboxylic acids is 2. The standard InChI is InChI=1S/C19H26FN3O5/c1-2-7-21-16(24)9-13-8-14-18(27-13)17(25)15(28-14)10-22-19(26)23-12-5-3-11(20)4-6-12/h3-6,13-15,17-18,25H,2,7-10H2,1H3,(H,21,24)(H2,22,23,26)/t13-,14+,15+,17+,18-/m0/s1. The second kappa shape index (κ2) is 9.31. The van der Waals surface area contributed by atoms with Crippen molar-refractivity contribution in [1.29, 1.82) is 0 Å². The van der Waals surface area contributed by atoms with Crippen molar-refractivity contribution in [3.05, 3.63) is 30.1 Å². The molecule has 0 bridgehead atoms. The molecule has 2 saturated heterocycles. The van der Waals surface area contributed by atoms with Crippen LogP contribution in [0.4, 0.5) is 14.9 Å². The number of fused-ring (bicyclic) bond motifs is 1. The summed E-state index contributed by atoms with van der Waals surface area (Å²) in [6, 6.07) is 4.91. The molecule has 4 N–H and O–H groups in total. The van der Waals surface area contributed by atoms with Crippen LogP contribution in [0.2, 0.25) is 0 Å². The van der Waals surface area contributed by atoms with Gasteiger partial charge in [-0.3, -0.25) is 4.79 Å². The van der Waals surface area contributed by atoms with Gasteiger partial charge >= 0.3 is 6.03 Å². The number of hydrogen-bond donors (Lipinski definition) is 4. The van der Waals surface area contributed by atoms with Crippen molar-refractivity contribution in [2.24, 2.45) is 0 Å². The predicted octanol–water partition coefficient (Wildman–Crippen LogP) is 1.15. The lowest BCUT2D eigenvalue weighted by Crippen LogP contribution is -2.42. The Kier molecular flexibility index (Phi) is 6.82. The van der Waals surface area contributed by atoms with Gasteiger partial charge in [-0.2, -0.15) is 0 Å². The van der Waals surface area contributed by atoms with E-state index >= 15 is 0 Å². The molecule has 28 heavy (non-hydrogen) atoms. The minimum atomic E-state index is -0.889. The molecule has 0 saturated carbocycles.